The van der Waals surface area contributed by atoms with E-state index >= 15 is 0 Å². The molecule has 1 aliphatic rings. The Hall–Kier alpha value is -4.70. The van der Waals surface area contributed by atoms with Crippen LogP contribution in [0.15, 0.2) is 58.3 Å². The second-order valence-electron chi connectivity index (χ2n) is 13.9. The van der Waals surface area contributed by atoms with Gasteiger partial charge in [0.15, 0.2) is 0 Å². The van der Waals surface area contributed by atoms with Crippen molar-refractivity contribution in [2.24, 2.45) is 20.0 Å². The second-order valence-corrected chi connectivity index (χ2v) is 14.3. The normalized spacial score (nSPS) is 13.0. The van der Waals surface area contributed by atoms with E-state index in [1.54, 1.807) is 13.2 Å². The number of aromatic nitrogens is 3. The molecule has 0 radical (unpaired) electrons. The molecule has 0 saturated carbocycles. The lowest BCUT2D eigenvalue weighted by Crippen LogP contribution is -2.40. The minimum atomic E-state index is -0.660. The van der Waals surface area contributed by atoms with Crippen molar-refractivity contribution in [2.45, 2.75) is 98.4 Å². The number of nitrogens with zero attached hydrogens (tertiary/aromatic N) is 3. The van der Waals surface area contributed by atoms with Gasteiger partial charge in [-0.2, -0.15) is 0 Å². The molecule has 1 aliphatic carbocycles. The molecule has 2 aromatic heterocycles. The Balaban J connectivity index is 0.000000355. The van der Waals surface area contributed by atoms with Crippen LogP contribution in [-0.4, -0.2) is 39.1 Å². The van der Waals surface area contributed by atoms with E-state index < -0.39 is 17.2 Å². The van der Waals surface area contributed by atoms with Crippen LogP contribution in [0.2, 0.25) is 5.02 Å². The topological polar surface area (TPSA) is 124 Å². The molecule has 53 heavy (non-hydrogen) atoms. The number of hydrogen-bond acceptors (Lipinski definition) is 6. The van der Waals surface area contributed by atoms with E-state index in [9.17, 15) is 19.2 Å². The molecule has 11 heteroatoms. The molecule has 2 heterocycles. The van der Waals surface area contributed by atoms with E-state index in [4.69, 9.17) is 21.3 Å². The van der Waals surface area contributed by atoms with Crippen molar-refractivity contribution in [3.8, 4) is 28.3 Å². The Kier molecular flexibility index (Phi) is 14.6. The van der Waals surface area contributed by atoms with Crippen LogP contribution in [0.5, 0.6) is 5.88 Å². The van der Waals surface area contributed by atoms with Crippen molar-refractivity contribution in [1.29, 1.82) is 0 Å². The first-order valence-electron chi connectivity index (χ1n) is 18.7. The van der Waals surface area contributed by atoms with E-state index in [0.717, 1.165) is 82.5 Å². The number of nitrogens with one attached hydrogen (secondary N) is 2. The lowest BCUT2D eigenvalue weighted by Gasteiger charge is -2.18. The Morgan fingerprint density at radius 1 is 0.981 bits per heavy atom. The summed E-state index contributed by atoms with van der Waals surface area (Å²) in [6.07, 6.45) is 10.5. The van der Waals surface area contributed by atoms with Crippen molar-refractivity contribution < 1.29 is 14.3 Å². The molecule has 10 nitrogen and oxygen atoms in total. The molecule has 0 saturated heterocycles. The molecule has 2 aromatic carbocycles. The fraction of sp³-hybridized carbons (Fsp3) is 0.452. The number of hydrogen-bond donors (Lipinski definition) is 2. The number of amides is 2. The minimum absolute atomic E-state index is 0.129. The third kappa shape index (κ3) is 9.84. The van der Waals surface area contributed by atoms with Gasteiger partial charge in [0.05, 0.1) is 17.8 Å². The third-order valence-corrected chi connectivity index (χ3v) is 10.5. The van der Waals surface area contributed by atoms with Gasteiger partial charge in [-0.1, -0.05) is 76.0 Å². The van der Waals surface area contributed by atoms with Crippen LogP contribution in [-0.2, 0) is 31.7 Å². The molecular formula is C42H54ClN5O5. The zero-order valence-corrected chi connectivity index (χ0v) is 33.2. The number of rotatable bonds is 13. The molecule has 5 rings (SSSR count). The van der Waals surface area contributed by atoms with Gasteiger partial charge < -0.3 is 19.9 Å². The Morgan fingerprint density at radius 3 is 2.36 bits per heavy atom. The van der Waals surface area contributed by atoms with E-state index in [1.807, 2.05) is 44.2 Å². The number of anilines is 1. The Morgan fingerprint density at radius 2 is 1.68 bits per heavy atom. The number of carbonyl (C=O) groups excluding carboxylic acids is 2. The largest absolute Gasteiger partial charge is 0.481 e. The van der Waals surface area contributed by atoms with Crippen LogP contribution in [0.4, 0.5) is 5.69 Å². The van der Waals surface area contributed by atoms with Gasteiger partial charge in [-0.3, -0.25) is 19.0 Å². The molecule has 0 fully saturated rings. The van der Waals surface area contributed by atoms with Crippen LogP contribution in [0.1, 0.15) is 99.7 Å². The lowest BCUT2D eigenvalue weighted by atomic mass is 9.96. The van der Waals surface area contributed by atoms with Gasteiger partial charge in [0.1, 0.15) is 5.56 Å². The molecule has 4 aromatic rings. The molecule has 2 N–H and O–H groups in total. The van der Waals surface area contributed by atoms with Crippen LogP contribution in [0.3, 0.4) is 0 Å². The maximum atomic E-state index is 13.0. The highest BCUT2D eigenvalue weighted by Crippen LogP contribution is 2.41. The Bertz CT molecular complexity index is 2050. The quantitative estimate of drug-likeness (QED) is 0.143. The average molecular weight is 744 g/mol. The first kappa shape index (κ1) is 41.1. The van der Waals surface area contributed by atoms with Gasteiger partial charge in [-0.25, -0.2) is 9.78 Å². The molecule has 2 amide bonds. The monoisotopic (exact) mass is 743 g/mol. The van der Waals surface area contributed by atoms with Crippen LogP contribution in [0.25, 0.3) is 22.4 Å². The van der Waals surface area contributed by atoms with E-state index in [2.05, 4.69) is 37.5 Å². The first-order valence-corrected chi connectivity index (χ1v) is 19.1. The summed E-state index contributed by atoms with van der Waals surface area (Å²) in [7, 11) is 4.47. The highest BCUT2D eigenvalue weighted by molar-refractivity contribution is 6.36. The Labute approximate surface area is 318 Å². The van der Waals surface area contributed by atoms with Crippen molar-refractivity contribution in [1.82, 2.24) is 19.4 Å². The molecule has 0 bridgehead atoms. The number of ether oxygens (including phenoxy) is 1. The fourth-order valence-electron chi connectivity index (χ4n) is 6.60. The maximum Gasteiger partial charge on any atom is 0.330 e. The SMILES string of the molecule is CCCC(=O)NC(CC)CCC(C)CC.COc1nc(-c2cccc(-c3cccc(NC(=O)c4cn(C)c(=O)n(C)c4=O)c3C)c2Cl)cc2c1CCC2. The van der Waals surface area contributed by atoms with Crippen molar-refractivity contribution in [3.63, 3.8) is 0 Å². The summed E-state index contributed by atoms with van der Waals surface area (Å²) in [5.74, 6) is 1.04. The summed E-state index contributed by atoms with van der Waals surface area (Å²) in [5.41, 5.74) is 5.58. The minimum Gasteiger partial charge on any atom is -0.481 e. The third-order valence-electron chi connectivity index (χ3n) is 10.1. The molecule has 0 spiro atoms. The molecule has 0 aliphatic heterocycles. The number of halogens is 1. The van der Waals surface area contributed by atoms with Crippen LogP contribution >= 0.6 is 11.6 Å². The van der Waals surface area contributed by atoms with Gasteiger partial charge in [0.25, 0.3) is 11.5 Å². The summed E-state index contributed by atoms with van der Waals surface area (Å²) in [4.78, 5) is 53.7. The highest BCUT2D eigenvalue weighted by atomic mass is 35.5. The van der Waals surface area contributed by atoms with Gasteiger partial charge in [0.2, 0.25) is 11.8 Å². The highest BCUT2D eigenvalue weighted by Gasteiger charge is 2.22. The standard InChI is InChI=1S/C29H27ClN4O4.C13H27NO/c1-16-18(9-7-13-23(16)31-26(35)22-15-33(2)29(37)34(3)28(22)36)20-11-6-12-21(25(20)30)24-14-17-8-5-10-19(17)27(32-24)38-4;1-5-8-13(15)14-12(7-3)10-9-11(4)6-2/h6-7,9,11-15H,5,8,10H2,1-4H3,(H,31,35);11-12H,5-10H2,1-4H3,(H,14,15). The number of fused-ring (bicyclic) bond motifs is 1. The van der Waals surface area contributed by atoms with E-state index in [0.29, 0.717) is 29.1 Å². The van der Waals surface area contributed by atoms with E-state index in [1.165, 1.54) is 43.3 Å². The average Bonchev–Trinajstić information content (AvgIpc) is 3.64. The molecule has 2 unspecified atom stereocenters. The number of aryl methyl sites for hydroxylation is 2. The van der Waals surface area contributed by atoms with Gasteiger partial charge in [0, 0.05) is 55.1 Å². The second kappa shape index (κ2) is 18.9. The number of benzene rings is 2. The van der Waals surface area contributed by atoms with Crippen molar-refractivity contribution >= 4 is 29.1 Å². The molecule has 284 valence electrons. The summed E-state index contributed by atoms with van der Waals surface area (Å²) in [5, 5.41) is 6.47. The summed E-state index contributed by atoms with van der Waals surface area (Å²) in [6, 6.07) is 13.8. The number of carbonyl (C=O) groups is 2. The zero-order chi connectivity index (χ0) is 38.8. The smallest absolute Gasteiger partial charge is 0.330 e. The first-order chi connectivity index (χ1) is 25.3. The zero-order valence-electron chi connectivity index (χ0n) is 32.4. The summed E-state index contributed by atoms with van der Waals surface area (Å²) in [6.45, 7) is 10.6. The van der Waals surface area contributed by atoms with Gasteiger partial charge in [-0.05, 0) is 86.6 Å². The maximum absolute atomic E-state index is 13.0. The molecule has 2 atom stereocenters. The molecular weight excluding hydrogens is 690 g/mol. The number of pyridine rings is 1. The fourth-order valence-corrected chi connectivity index (χ4v) is 6.93. The van der Waals surface area contributed by atoms with Crippen LogP contribution < -0.4 is 26.6 Å². The van der Waals surface area contributed by atoms with Crippen molar-refractivity contribution in [2.75, 3.05) is 12.4 Å². The van der Waals surface area contributed by atoms with Gasteiger partial charge in [-0.15, -0.1) is 0 Å². The summed E-state index contributed by atoms with van der Waals surface area (Å²) >= 11 is 6.98. The number of methoxy groups -OCH3 is 1. The van der Waals surface area contributed by atoms with Crippen LogP contribution in [0, 0.1) is 12.8 Å². The van der Waals surface area contributed by atoms with E-state index in [-0.39, 0.29) is 11.5 Å². The van der Waals surface area contributed by atoms with Crippen molar-refractivity contribution in [3.05, 3.63) is 96.8 Å². The lowest BCUT2D eigenvalue weighted by molar-refractivity contribution is -0.121. The summed E-state index contributed by atoms with van der Waals surface area (Å²) < 4.78 is 7.68. The van der Waals surface area contributed by atoms with Gasteiger partial charge >= 0.3 is 5.69 Å². The predicted octanol–water partition coefficient (Wildman–Crippen LogP) is 8.03. The predicted molar refractivity (Wildman–Crippen MR) is 214 cm³/mol.